The van der Waals surface area contributed by atoms with Crippen LogP contribution in [-0.4, -0.2) is 53.5 Å². The molecule has 176 valence electrons. The minimum Gasteiger partial charge on any atom is -0.497 e. The molecule has 0 spiro atoms. The molecule has 0 saturated carbocycles. The van der Waals surface area contributed by atoms with Crippen LogP contribution in [-0.2, 0) is 4.79 Å². The van der Waals surface area contributed by atoms with Crippen LogP contribution in [0.5, 0.6) is 11.5 Å². The summed E-state index contributed by atoms with van der Waals surface area (Å²) < 4.78 is 13.8. The number of fused-ring (bicyclic) bond motifs is 1. The van der Waals surface area contributed by atoms with Gasteiger partial charge < -0.3 is 19.7 Å². The van der Waals surface area contributed by atoms with E-state index in [0.717, 1.165) is 58.5 Å². The average Bonchev–Trinajstić information content (AvgIpc) is 3.44. The summed E-state index contributed by atoms with van der Waals surface area (Å²) in [5.74, 6) is 1.42. The molecule has 2 aromatic carbocycles. The lowest BCUT2D eigenvalue weighted by Gasteiger charge is -2.32. The van der Waals surface area contributed by atoms with Gasteiger partial charge in [-0.05, 0) is 56.2 Å². The summed E-state index contributed by atoms with van der Waals surface area (Å²) in [6.45, 7) is 3.73. The Morgan fingerprint density at radius 2 is 1.82 bits per heavy atom. The van der Waals surface area contributed by atoms with Crippen LogP contribution in [0, 0.1) is 6.92 Å². The van der Waals surface area contributed by atoms with E-state index in [1.807, 2.05) is 66.2 Å². The Morgan fingerprint density at radius 1 is 1.09 bits per heavy atom. The molecule has 0 radical (unpaired) electrons. The van der Waals surface area contributed by atoms with Crippen molar-refractivity contribution in [3.8, 4) is 17.2 Å². The fraction of sp³-hybridized carbons (Fsp3) is 0.320. The first-order chi connectivity index (χ1) is 16.6. The van der Waals surface area contributed by atoms with Gasteiger partial charge in [0.25, 0.3) is 5.91 Å². The van der Waals surface area contributed by atoms with E-state index in [1.165, 1.54) is 0 Å². The molecular weight excluding hydrogens is 450 g/mol. The van der Waals surface area contributed by atoms with Crippen molar-refractivity contribution >= 4 is 32.7 Å². The maximum absolute atomic E-state index is 12.3. The van der Waals surface area contributed by atoms with Gasteiger partial charge in [-0.1, -0.05) is 29.5 Å². The molecule has 1 saturated heterocycles. The van der Waals surface area contributed by atoms with Gasteiger partial charge in [0.05, 0.1) is 23.2 Å². The van der Waals surface area contributed by atoms with Crippen LogP contribution in [0.3, 0.4) is 0 Å². The highest BCUT2D eigenvalue weighted by atomic mass is 32.1. The number of benzene rings is 2. The maximum atomic E-state index is 12.3. The van der Waals surface area contributed by atoms with Crippen molar-refractivity contribution in [3.05, 3.63) is 60.3 Å². The third-order valence-corrected chi connectivity index (χ3v) is 7.15. The van der Waals surface area contributed by atoms with Crippen LogP contribution in [0.4, 0.5) is 5.13 Å². The van der Waals surface area contributed by atoms with E-state index in [9.17, 15) is 4.79 Å². The molecule has 1 aliphatic heterocycles. The van der Waals surface area contributed by atoms with E-state index in [-0.39, 0.29) is 18.6 Å². The largest absolute Gasteiger partial charge is 0.497 e. The Bertz CT molecular complexity index is 1260. The first kappa shape index (κ1) is 22.2. The smallest absolute Gasteiger partial charge is 0.258 e. The van der Waals surface area contributed by atoms with Gasteiger partial charge in [0.2, 0.25) is 0 Å². The number of carbonyl (C=O) groups excluding carboxylic acids is 1. The van der Waals surface area contributed by atoms with E-state index < -0.39 is 0 Å². The van der Waals surface area contributed by atoms with Crippen molar-refractivity contribution in [3.63, 3.8) is 0 Å². The predicted octanol–water partition coefficient (Wildman–Crippen LogP) is 3.96. The summed E-state index contributed by atoms with van der Waals surface area (Å²) in [7, 11) is 1.66. The molecule has 3 heterocycles. The number of hydrogen-bond donors (Lipinski definition) is 1. The third kappa shape index (κ3) is 4.70. The molecule has 8 nitrogen and oxygen atoms in total. The number of methoxy groups -OCH3 is 1. The molecule has 34 heavy (non-hydrogen) atoms. The van der Waals surface area contributed by atoms with Gasteiger partial charge in [-0.15, -0.1) is 0 Å². The Hall–Kier alpha value is -3.59. The normalized spacial score (nSPS) is 14.4. The molecular formula is C25H27N5O3S. The lowest BCUT2D eigenvalue weighted by atomic mass is 10.1. The quantitative estimate of drug-likeness (QED) is 0.434. The van der Waals surface area contributed by atoms with Gasteiger partial charge in [-0.25, -0.2) is 4.68 Å². The minimum absolute atomic E-state index is 0.0310. The van der Waals surface area contributed by atoms with E-state index in [1.54, 1.807) is 18.4 Å². The second-order valence-electron chi connectivity index (χ2n) is 8.27. The van der Waals surface area contributed by atoms with E-state index in [0.29, 0.717) is 5.75 Å². The van der Waals surface area contributed by atoms with Gasteiger partial charge >= 0.3 is 0 Å². The van der Waals surface area contributed by atoms with Gasteiger partial charge in [0.15, 0.2) is 17.4 Å². The molecule has 9 heteroatoms. The molecule has 2 aromatic heterocycles. The topological polar surface area (TPSA) is 81.5 Å². The molecule has 1 N–H and O–H groups in total. The Labute approximate surface area is 202 Å². The number of nitrogens with zero attached hydrogens (tertiary/aromatic N) is 4. The maximum Gasteiger partial charge on any atom is 0.258 e. The number of hydrogen-bond acceptors (Lipinski definition) is 7. The zero-order chi connectivity index (χ0) is 23.5. The average molecular weight is 478 g/mol. The number of thiazole rings is 1. The van der Waals surface area contributed by atoms with Crippen LogP contribution in [0.2, 0.25) is 0 Å². The van der Waals surface area contributed by atoms with Crippen molar-refractivity contribution in [2.24, 2.45) is 0 Å². The van der Waals surface area contributed by atoms with Gasteiger partial charge in [-0.3, -0.25) is 4.79 Å². The molecule has 0 bridgehead atoms. The number of nitrogens with one attached hydrogen (secondary N) is 1. The van der Waals surface area contributed by atoms with Crippen molar-refractivity contribution in [2.45, 2.75) is 25.8 Å². The number of piperidine rings is 1. The number of amides is 1. The van der Waals surface area contributed by atoms with Crippen LogP contribution in [0.25, 0.3) is 16.0 Å². The highest BCUT2D eigenvalue weighted by Crippen LogP contribution is 2.34. The fourth-order valence-corrected chi connectivity index (χ4v) is 5.15. The van der Waals surface area contributed by atoms with Gasteiger partial charge in [0, 0.05) is 19.1 Å². The second-order valence-corrected chi connectivity index (χ2v) is 9.25. The number of carbonyl (C=O) groups is 1. The highest BCUT2D eigenvalue weighted by Gasteiger charge is 2.24. The SMILES string of the molecule is COc1ccc(-n2nc(C)c3sc(N4CCC(NC(=O)COc5ccccc5)CC4)nc32)cc1. The zero-order valence-corrected chi connectivity index (χ0v) is 20.0. The molecule has 5 rings (SSSR count). The summed E-state index contributed by atoms with van der Waals surface area (Å²) in [4.78, 5) is 19.5. The summed E-state index contributed by atoms with van der Waals surface area (Å²) in [6.07, 6.45) is 1.74. The lowest BCUT2D eigenvalue weighted by molar-refractivity contribution is -0.123. The van der Waals surface area contributed by atoms with Crippen LogP contribution in [0.15, 0.2) is 54.6 Å². The van der Waals surface area contributed by atoms with Gasteiger partial charge in [-0.2, -0.15) is 10.1 Å². The third-order valence-electron chi connectivity index (χ3n) is 5.94. The van der Waals surface area contributed by atoms with Crippen molar-refractivity contribution < 1.29 is 14.3 Å². The van der Waals surface area contributed by atoms with E-state index in [2.05, 4.69) is 10.2 Å². The zero-order valence-electron chi connectivity index (χ0n) is 19.2. The molecule has 0 aliphatic carbocycles. The van der Waals surface area contributed by atoms with E-state index in [4.69, 9.17) is 19.6 Å². The number of anilines is 1. The summed E-state index contributed by atoms with van der Waals surface area (Å²) in [5.41, 5.74) is 2.79. The molecule has 4 aromatic rings. The summed E-state index contributed by atoms with van der Waals surface area (Å²) in [6, 6.07) is 17.4. The molecule has 1 amide bonds. The van der Waals surface area contributed by atoms with E-state index >= 15 is 0 Å². The molecule has 1 aliphatic rings. The summed E-state index contributed by atoms with van der Waals surface area (Å²) >= 11 is 1.67. The number of aryl methyl sites for hydroxylation is 1. The van der Waals surface area contributed by atoms with Crippen molar-refractivity contribution in [1.29, 1.82) is 0 Å². The molecule has 0 unspecified atom stereocenters. The van der Waals surface area contributed by atoms with Crippen LogP contribution < -0.4 is 19.7 Å². The van der Waals surface area contributed by atoms with Crippen molar-refractivity contribution in [2.75, 3.05) is 31.7 Å². The van der Waals surface area contributed by atoms with Crippen LogP contribution >= 0.6 is 11.3 Å². The highest BCUT2D eigenvalue weighted by molar-refractivity contribution is 7.22. The minimum atomic E-state index is -0.0857. The Morgan fingerprint density at radius 3 is 2.53 bits per heavy atom. The lowest BCUT2D eigenvalue weighted by Crippen LogP contribution is -2.46. The number of ether oxygens (including phenoxy) is 2. The number of rotatable bonds is 7. The monoisotopic (exact) mass is 477 g/mol. The number of para-hydroxylation sites is 1. The summed E-state index contributed by atoms with van der Waals surface area (Å²) in [5, 5.41) is 8.79. The predicted molar refractivity (Wildman–Crippen MR) is 133 cm³/mol. The second kappa shape index (κ2) is 9.72. The molecule has 1 fully saturated rings. The fourth-order valence-electron chi connectivity index (χ4n) is 4.11. The van der Waals surface area contributed by atoms with Crippen molar-refractivity contribution in [1.82, 2.24) is 20.1 Å². The first-order valence-corrected chi connectivity index (χ1v) is 12.1. The molecule has 0 atom stereocenters. The van der Waals surface area contributed by atoms with Gasteiger partial charge in [0.1, 0.15) is 11.5 Å². The standard InChI is InChI=1S/C25H27N5O3S/c1-17-23-24(30(28-17)19-8-10-20(32-2)11-9-19)27-25(34-23)29-14-12-18(13-15-29)26-22(31)16-33-21-6-4-3-5-7-21/h3-11,18H,12-16H2,1-2H3,(H,26,31). The van der Waals surface area contributed by atoms with Crippen LogP contribution in [0.1, 0.15) is 18.5 Å². The number of aromatic nitrogens is 3. The Kier molecular flexibility index (Phi) is 6.35. The Balaban J connectivity index is 1.20. The first-order valence-electron chi connectivity index (χ1n) is 11.3.